The standard InChI is InChI=1S/C16H22N4O2/c1-16(2,22)10-20-13-6-5-11(19-7-3-4-8-19)9-12(13)18-15(20)14(17)21/h5-6,9,22H,3-4,7-8,10H2,1-2H3,(H2,17,21). The molecule has 1 aliphatic heterocycles. The van der Waals surface area contributed by atoms with Crippen molar-refractivity contribution in [2.75, 3.05) is 18.0 Å². The lowest BCUT2D eigenvalue weighted by molar-refractivity contribution is 0.0614. The van der Waals surface area contributed by atoms with Crippen molar-refractivity contribution < 1.29 is 9.90 Å². The third-order valence-corrected chi connectivity index (χ3v) is 3.97. The molecule has 0 atom stereocenters. The van der Waals surface area contributed by atoms with Crippen molar-refractivity contribution >= 4 is 22.6 Å². The smallest absolute Gasteiger partial charge is 0.284 e. The molecule has 1 aliphatic rings. The summed E-state index contributed by atoms with van der Waals surface area (Å²) in [5, 5.41) is 10.1. The molecule has 1 fully saturated rings. The summed E-state index contributed by atoms with van der Waals surface area (Å²) >= 11 is 0. The van der Waals surface area contributed by atoms with Gasteiger partial charge in [0.2, 0.25) is 0 Å². The molecule has 22 heavy (non-hydrogen) atoms. The van der Waals surface area contributed by atoms with Crippen LogP contribution in [0, 0.1) is 0 Å². The molecule has 0 bridgehead atoms. The van der Waals surface area contributed by atoms with E-state index in [1.807, 2.05) is 18.2 Å². The van der Waals surface area contributed by atoms with Gasteiger partial charge >= 0.3 is 0 Å². The lowest BCUT2D eigenvalue weighted by atomic mass is 10.1. The number of hydrogen-bond donors (Lipinski definition) is 2. The maximum Gasteiger partial charge on any atom is 0.284 e. The Morgan fingerprint density at radius 3 is 2.64 bits per heavy atom. The molecule has 118 valence electrons. The molecule has 0 radical (unpaired) electrons. The molecule has 0 aliphatic carbocycles. The van der Waals surface area contributed by atoms with E-state index in [2.05, 4.69) is 9.88 Å². The maximum atomic E-state index is 11.7. The number of anilines is 1. The van der Waals surface area contributed by atoms with Crippen molar-refractivity contribution in [1.29, 1.82) is 0 Å². The molecule has 6 heteroatoms. The summed E-state index contributed by atoms with van der Waals surface area (Å²) in [6, 6.07) is 5.99. The van der Waals surface area contributed by atoms with Gasteiger partial charge < -0.3 is 20.3 Å². The molecule has 0 spiro atoms. The van der Waals surface area contributed by atoms with E-state index in [0.717, 1.165) is 29.8 Å². The number of aromatic nitrogens is 2. The number of imidazole rings is 1. The number of hydrogen-bond acceptors (Lipinski definition) is 4. The number of amides is 1. The average molecular weight is 302 g/mol. The fourth-order valence-electron chi connectivity index (χ4n) is 3.03. The van der Waals surface area contributed by atoms with Crippen LogP contribution in [0.25, 0.3) is 11.0 Å². The molecule has 3 rings (SSSR count). The Bertz CT molecular complexity index is 709. The number of rotatable bonds is 4. The molecule has 2 heterocycles. The van der Waals surface area contributed by atoms with E-state index < -0.39 is 11.5 Å². The van der Waals surface area contributed by atoms with Crippen molar-refractivity contribution in [2.24, 2.45) is 5.73 Å². The van der Waals surface area contributed by atoms with Crippen LogP contribution in [-0.4, -0.2) is 39.3 Å². The highest BCUT2D eigenvalue weighted by atomic mass is 16.3. The minimum Gasteiger partial charge on any atom is -0.389 e. The lowest BCUT2D eigenvalue weighted by Gasteiger charge is -2.20. The molecule has 1 aromatic heterocycles. The zero-order chi connectivity index (χ0) is 15.9. The summed E-state index contributed by atoms with van der Waals surface area (Å²) in [6.07, 6.45) is 2.41. The highest BCUT2D eigenvalue weighted by molar-refractivity contribution is 5.94. The third kappa shape index (κ3) is 2.78. The monoisotopic (exact) mass is 302 g/mol. The van der Waals surface area contributed by atoms with Gasteiger partial charge in [-0.1, -0.05) is 0 Å². The zero-order valence-electron chi connectivity index (χ0n) is 13.0. The minimum absolute atomic E-state index is 0.190. The fourth-order valence-corrected chi connectivity index (χ4v) is 3.03. The summed E-state index contributed by atoms with van der Waals surface area (Å²) in [7, 11) is 0. The molecular formula is C16H22N4O2. The first-order valence-electron chi connectivity index (χ1n) is 7.62. The van der Waals surface area contributed by atoms with Crippen LogP contribution in [-0.2, 0) is 6.54 Å². The number of aliphatic hydroxyl groups is 1. The van der Waals surface area contributed by atoms with E-state index in [-0.39, 0.29) is 12.4 Å². The van der Waals surface area contributed by atoms with E-state index in [9.17, 15) is 9.90 Å². The number of nitrogens with two attached hydrogens (primary N) is 1. The second-order valence-electron chi connectivity index (χ2n) is 6.57. The lowest BCUT2D eigenvalue weighted by Crippen LogP contribution is -2.29. The molecule has 1 amide bonds. The topological polar surface area (TPSA) is 84.4 Å². The van der Waals surface area contributed by atoms with Gasteiger partial charge in [0.05, 0.1) is 23.2 Å². The Morgan fingerprint density at radius 2 is 2.05 bits per heavy atom. The SMILES string of the molecule is CC(C)(O)Cn1c(C(N)=O)nc2cc(N3CCCC3)ccc21. The summed E-state index contributed by atoms with van der Waals surface area (Å²) in [6.45, 7) is 5.77. The second kappa shape index (κ2) is 5.28. The predicted octanol–water partition coefficient (Wildman–Crippen LogP) is 1.51. The number of fused-ring (bicyclic) bond motifs is 1. The van der Waals surface area contributed by atoms with Crippen LogP contribution < -0.4 is 10.6 Å². The fraction of sp³-hybridized carbons (Fsp3) is 0.500. The van der Waals surface area contributed by atoms with Crippen LogP contribution in [0.1, 0.15) is 37.3 Å². The minimum atomic E-state index is -0.953. The van der Waals surface area contributed by atoms with Crippen molar-refractivity contribution in [3.63, 3.8) is 0 Å². The Balaban J connectivity index is 2.08. The van der Waals surface area contributed by atoms with E-state index in [4.69, 9.17) is 5.73 Å². The Morgan fingerprint density at radius 1 is 1.36 bits per heavy atom. The van der Waals surface area contributed by atoms with Crippen molar-refractivity contribution in [3.05, 3.63) is 24.0 Å². The summed E-state index contributed by atoms with van der Waals surface area (Å²) in [5.41, 5.74) is 7.17. The Labute approximate surface area is 129 Å². The summed E-state index contributed by atoms with van der Waals surface area (Å²) in [5.74, 6) is -0.390. The second-order valence-corrected chi connectivity index (χ2v) is 6.57. The first-order chi connectivity index (χ1) is 10.3. The third-order valence-electron chi connectivity index (χ3n) is 3.97. The van der Waals surface area contributed by atoms with Gasteiger partial charge in [-0.25, -0.2) is 4.98 Å². The average Bonchev–Trinajstić information content (AvgIpc) is 3.04. The molecule has 2 aromatic rings. The maximum absolute atomic E-state index is 11.7. The normalized spacial score (nSPS) is 15.7. The van der Waals surface area contributed by atoms with Crippen LogP contribution in [0.5, 0.6) is 0 Å². The van der Waals surface area contributed by atoms with E-state index in [1.165, 1.54) is 12.8 Å². The van der Waals surface area contributed by atoms with Gasteiger partial charge in [-0.15, -0.1) is 0 Å². The number of carbonyl (C=O) groups excluding carboxylic acids is 1. The van der Waals surface area contributed by atoms with Gasteiger partial charge in [0, 0.05) is 18.8 Å². The molecule has 3 N–H and O–H groups in total. The van der Waals surface area contributed by atoms with E-state index >= 15 is 0 Å². The van der Waals surface area contributed by atoms with Gasteiger partial charge in [-0.3, -0.25) is 4.79 Å². The highest BCUT2D eigenvalue weighted by Crippen LogP contribution is 2.26. The quantitative estimate of drug-likeness (QED) is 0.896. The van der Waals surface area contributed by atoms with Crippen LogP contribution in [0.3, 0.4) is 0 Å². The first-order valence-corrected chi connectivity index (χ1v) is 7.62. The van der Waals surface area contributed by atoms with E-state index in [0.29, 0.717) is 0 Å². The number of carbonyl (C=O) groups is 1. The van der Waals surface area contributed by atoms with Gasteiger partial charge in [-0.2, -0.15) is 0 Å². The van der Waals surface area contributed by atoms with Crippen LogP contribution >= 0.6 is 0 Å². The predicted molar refractivity (Wildman–Crippen MR) is 86.0 cm³/mol. The molecule has 0 saturated carbocycles. The molecule has 6 nitrogen and oxygen atoms in total. The van der Waals surface area contributed by atoms with E-state index in [1.54, 1.807) is 18.4 Å². The van der Waals surface area contributed by atoms with Crippen LogP contribution in [0.4, 0.5) is 5.69 Å². The highest BCUT2D eigenvalue weighted by Gasteiger charge is 2.22. The van der Waals surface area contributed by atoms with Crippen LogP contribution in [0.2, 0.25) is 0 Å². The van der Waals surface area contributed by atoms with Crippen LogP contribution in [0.15, 0.2) is 18.2 Å². The van der Waals surface area contributed by atoms with Crippen molar-refractivity contribution in [3.8, 4) is 0 Å². The molecular weight excluding hydrogens is 280 g/mol. The number of nitrogens with zero attached hydrogens (tertiary/aromatic N) is 3. The Hall–Kier alpha value is -2.08. The van der Waals surface area contributed by atoms with Gasteiger partial charge in [0.15, 0.2) is 5.82 Å². The summed E-state index contributed by atoms with van der Waals surface area (Å²) in [4.78, 5) is 18.4. The van der Waals surface area contributed by atoms with Gasteiger partial charge in [0.1, 0.15) is 0 Å². The van der Waals surface area contributed by atoms with Crippen molar-refractivity contribution in [1.82, 2.24) is 9.55 Å². The molecule has 0 unspecified atom stereocenters. The molecule has 1 saturated heterocycles. The van der Waals surface area contributed by atoms with Gasteiger partial charge in [0.25, 0.3) is 5.91 Å². The van der Waals surface area contributed by atoms with Crippen molar-refractivity contribution in [2.45, 2.75) is 38.8 Å². The zero-order valence-corrected chi connectivity index (χ0v) is 13.0. The number of benzene rings is 1. The molecule has 1 aromatic carbocycles. The van der Waals surface area contributed by atoms with Gasteiger partial charge in [-0.05, 0) is 44.9 Å². The largest absolute Gasteiger partial charge is 0.389 e. The Kier molecular flexibility index (Phi) is 3.56. The number of primary amides is 1. The first kappa shape index (κ1) is 14.8. The summed E-state index contributed by atoms with van der Waals surface area (Å²) < 4.78 is 1.70.